The Kier molecular flexibility index (Phi) is 52.4. The van der Waals surface area contributed by atoms with Crippen molar-refractivity contribution in [1.29, 1.82) is 0 Å². The monoisotopic (exact) mass is 1210 g/mol. The van der Waals surface area contributed by atoms with Gasteiger partial charge in [-0.25, -0.2) is 0 Å². The zero-order valence-corrected chi connectivity index (χ0v) is 54.4. The van der Waals surface area contributed by atoms with Gasteiger partial charge in [0.1, 0.15) is 48.8 Å². The van der Waals surface area contributed by atoms with Crippen molar-refractivity contribution in [3.05, 3.63) is 36.5 Å². The molecule has 14 nitrogen and oxygen atoms in total. The lowest BCUT2D eigenvalue weighted by molar-refractivity contribution is -0.359. The maximum atomic E-state index is 13.3. The first-order chi connectivity index (χ1) is 41.6. The SMILES string of the molecule is CCCCCCCCCC/C=C\CCCCCCCCCCCCCCCC(=O)NC(COC1OC(CO)C(OC2OC(CO)C(O)C(O)C2O)C(O)C1O)C(O)/C=C/CC/C=C/CCCCCCCCCCCCCCCCCCCCCC. The van der Waals surface area contributed by atoms with E-state index >= 15 is 0 Å². The zero-order chi connectivity index (χ0) is 61.6. The number of carbonyl (C=O) groups excluding carboxylic acids is 1. The number of hydrogen-bond acceptors (Lipinski definition) is 13. The number of unbranched alkanes of at least 4 members (excludes halogenated alkanes) is 42. The van der Waals surface area contributed by atoms with Gasteiger partial charge in [-0.2, -0.15) is 0 Å². The second kappa shape index (κ2) is 56.2. The second-order valence-corrected chi connectivity index (χ2v) is 25.4. The van der Waals surface area contributed by atoms with Crippen LogP contribution >= 0.6 is 0 Å². The Bertz CT molecular complexity index is 1560. The lowest BCUT2D eigenvalue weighted by Gasteiger charge is -2.46. The topological polar surface area (TPSA) is 228 Å². The summed E-state index contributed by atoms with van der Waals surface area (Å²) in [6, 6.07) is -0.932. The molecule has 12 atom stereocenters. The highest BCUT2D eigenvalue weighted by atomic mass is 16.7. The molecule has 2 rings (SSSR count). The molecule has 0 aromatic heterocycles. The molecule has 85 heavy (non-hydrogen) atoms. The number of ether oxygens (including phenoxy) is 4. The maximum Gasteiger partial charge on any atom is 0.220 e. The van der Waals surface area contributed by atoms with Gasteiger partial charge in [-0.15, -0.1) is 0 Å². The minimum atomic E-state index is -1.79. The van der Waals surface area contributed by atoms with E-state index in [0.29, 0.717) is 12.8 Å². The third-order valence-corrected chi connectivity index (χ3v) is 17.5. The Balaban J connectivity index is 1.69. The molecular weight excluding hydrogens is 1070 g/mol. The fourth-order valence-electron chi connectivity index (χ4n) is 11.8. The third-order valence-electron chi connectivity index (χ3n) is 17.5. The normalized spacial score (nSPS) is 23.7. The Morgan fingerprint density at radius 3 is 1.15 bits per heavy atom. The van der Waals surface area contributed by atoms with Crippen molar-refractivity contribution in [3.63, 3.8) is 0 Å². The van der Waals surface area contributed by atoms with Gasteiger partial charge >= 0.3 is 0 Å². The van der Waals surface area contributed by atoms with E-state index in [1.165, 1.54) is 250 Å². The number of aliphatic hydroxyl groups excluding tert-OH is 8. The summed E-state index contributed by atoms with van der Waals surface area (Å²) >= 11 is 0. The number of aliphatic hydroxyl groups is 8. The van der Waals surface area contributed by atoms with Gasteiger partial charge in [0.25, 0.3) is 0 Å². The molecule has 2 heterocycles. The highest BCUT2D eigenvalue weighted by molar-refractivity contribution is 5.76. The van der Waals surface area contributed by atoms with Crippen molar-refractivity contribution in [2.45, 2.75) is 389 Å². The van der Waals surface area contributed by atoms with Gasteiger partial charge in [-0.05, 0) is 57.8 Å². The van der Waals surface area contributed by atoms with Gasteiger partial charge in [0.2, 0.25) is 5.91 Å². The predicted octanol–water partition coefficient (Wildman–Crippen LogP) is 14.5. The number of nitrogens with one attached hydrogen (secondary N) is 1. The second-order valence-electron chi connectivity index (χ2n) is 25.4. The molecule has 14 heteroatoms. The Labute approximate surface area is 519 Å². The molecule has 2 fully saturated rings. The summed E-state index contributed by atoms with van der Waals surface area (Å²) in [4.78, 5) is 13.3. The van der Waals surface area contributed by atoms with Crippen molar-refractivity contribution in [2.75, 3.05) is 19.8 Å². The lowest BCUT2D eigenvalue weighted by Crippen LogP contribution is -2.65. The molecule has 0 spiro atoms. The average molecular weight is 1210 g/mol. The van der Waals surface area contributed by atoms with Crippen LogP contribution in [-0.4, -0.2) is 140 Å². The van der Waals surface area contributed by atoms with Crippen LogP contribution in [0, 0.1) is 0 Å². The predicted molar refractivity (Wildman–Crippen MR) is 346 cm³/mol. The van der Waals surface area contributed by atoms with Crippen molar-refractivity contribution in [2.24, 2.45) is 0 Å². The smallest absolute Gasteiger partial charge is 0.220 e. The number of carbonyl (C=O) groups is 1. The van der Waals surface area contributed by atoms with Crippen molar-refractivity contribution in [3.8, 4) is 0 Å². The first-order valence-corrected chi connectivity index (χ1v) is 35.7. The minimum absolute atomic E-state index is 0.245. The highest BCUT2D eigenvalue weighted by Crippen LogP contribution is 2.30. The molecule has 0 bridgehead atoms. The molecule has 0 aromatic carbocycles. The van der Waals surface area contributed by atoms with Crippen LogP contribution in [0.4, 0.5) is 0 Å². The molecule has 2 aliphatic heterocycles. The number of hydrogen-bond donors (Lipinski definition) is 9. The Hall–Kier alpha value is -1.79. The maximum absolute atomic E-state index is 13.3. The van der Waals surface area contributed by atoms with Crippen LogP contribution in [0.25, 0.3) is 0 Å². The molecule has 0 aromatic rings. The van der Waals surface area contributed by atoms with Gasteiger partial charge in [0, 0.05) is 6.42 Å². The molecule has 2 saturated heterocycles. The van der Waals surface area contributed by atoms with E-state index in [2.05, 4.69) is 43.5 Å². The number of allylic oxidation sites excluding steroid dienone is 5. The van der Waals surface area contributed by atoms with E-state index in [4.69, 9.17) is 18.9 Å². The summed E-state index contributed by atoms with van der Waals surface area (Å²) in [6.07, 6.45) is 54.9. The summed E-state index contributed by atoms with van der Waals surface area (Å²) in [5, 5.41) is 87.4. The van der Waals surface area contributed by atoms with Gasteiger partial charge in [-0.3, -0.25) is 4.79 Å². The zero-order valence-electron chi connectivity index (χ0n) is 54.4. The fourth-order valence-corrected chi connectivity index (χ4v) is 11.8. The van der Waals surface area contributed by atoms with Crippen molar-refractivity contribution >= 4 is 5.91 Å². The van der Waals surface area contributed by atoms with E-state index in [-0.39, 0.29) is 18.9 Å². The van der Waals surface area contributed by atoms with E-state index in [0.717, 1.165) is 32.1 Å². The fraction of sp³-hybridized carbons (Fsp3) is 0.901. The van der Waals surface area contributed by atoms with Crippen LogP contribution in [0.15, 0.2) is 36.5 Å². The highest BCUT2D eigenvalue weighted by Gasteiger charge is 2.51. The van der Waals surface area contributed by atoms with Gasteiger partial charge < -0.3 is 65.1 Å². The molecule has 0 saturated carbocycles. The molecule has 2 aliphatic rings. The van der Waals surface area contributed by atoms with Gasteiger partial charge in [0.05, 0.1) is 32.0 Å². The number of amides is 1. The first-order valence-electron chi connectivity index (χ1n) is 35.7. The van der Waals surface area contributed by atoms with E-state index in [9.17, 15) is 45.6 Å². The van der Waals surface area contributed by atoms with Gasteiger partial charge in [0.15, 0.2) is 12.6 Å². The van der Waals surface area contributed by atoms with Crippen LogP contribution in [0.2, 0.25) is 0 Å². The lowest BCUT2D eigenvalue weighted by atomic mass is 9.97. The van der Waals surface area contributed by atoms with Crippen LogP contribution in [0.5, 0.6) is 0 Å². The summed E-state index contributed by atoms with van der Waals surface area (Å²) in [6.45, 7) is 2.83. The Morgan fingerprint density at radius 2 is 0.753 bits per heavy atom. The first kappa shape index (κ1) is 79.3. The van der Waals surface area contributed by atoms with Crippen LogP contribution in [-0.2, 0) is 23.7 Å². The molecule has 500 valence electrons. The minimum Gasteiger partial charge on any atom is -0.394 e. The summed E-state index contributed by atoms with van der Waals surface area (Å²) in [5.41, 5.74) is 0. The summed E-state index contributed by atoms with van der Waals surface area (Å²) in [7, 11) is 0. The summed E-state index contributed by atoms with van der Waals surface area (Å²) < 4.78 is 22.9. The van der Waals surface area contributed by atoms with Crippen molar-refractivity contribution < 1.29 is 64.6 Å². The Morgan fingerprint density at radius 1 is 0.412 bits per heavy atom. The largest absolute Gasteiger partial charge is 0.394 e. The van der Waals surface area contributed by atoms with Crippen LogP contribution < -0.4 is 5.32 Å². The standard InChI is InChI=1S/C71H133NO13/c1-3-5-7-9-11-13-15-17-19-21-23-25-27-29-31-32-34-36-38-40-42-44-46-48-50-52-54-60(75)59(58-82-70-68(81)66(79)69(62(57-74)84-70)85-71-67(80)65(78)64(77)61(56-73)83-71)72-63(76)55-53-51-49-47-45-43-41-39-37-35-33-30-28-26-24-22-20-18-16-14-12-10-8-6-4-2/h22,24,44,46,52,54,59-62,64-71,73-75,77-81H,3-21,23,25-43,45,47-51,53,55-58H2,1-2H3,(H,72,76)/b24-22-,46-44+,54-52+. The van der Waals surface area contributed by atoms with E-state index < -0.39 is 86.8 Å². The average Bonchev–Trinajstić information content (AvgIpc) is 3.29. The molecule has 1 amide bonds. The molecule has 0 radical (unpaired) electrons. The van der Waals surface area contributed by atoms with E-state index in [1.54, 1.807) is 6.08 Å². The molecular formula is C71H133NO13. The third kappa shape index (κ3) is 40.5. The molecule has 9 N–H and O–H groups in total. The number of rotatable bonds is 59. The van der Waals surface area contributed by atoms with Crippen molar-refractivity contribution in [1.82, 2.24) is 5.32 Å². The van der Waals surface area contributed by atoms with Crippen LogP contribution in [0.3, 0.4) is 0 Å². The molecule has 0 aliphatic carbocycles. The quantitative estimate of drug-likeness (QED) is 0.0204. The summed E-state index contributed by atoms with van der Waals surface area (Å²) in [5.74, 6) is -0.245. The van der Waals surface area contributed by atoms with Crippen LogP contribution in [0.1, 0.15) is 316 Å². The van der Waals surface area contributed by atoms with Gasteiger partial charge in [-0.1, -0.05) is 288 Å². The molecule has 12 unspecified atom stereocenters. The van der Waals surface area contributed by atoms with E-state index in [1.807, 2.05) is 6.08 Å².